The van der Waals surface area contributed by atoms with Crippen LogP contribution >= 0.6 is 23.4 Å². The fraction of sp³-hybridized carbons (Fsp3) is 0.385. The fourth-order valence-corrected chi connectivity index (χ4v) is 2.58. The Hall–Kier alpha value is -1.07. The van der Waals surface area contributed by atoms with E-state index in [1.54, 1.807) is 0 Å². The lowest BCUT2D eigenvalue weighted by Crippen LogP contribution is -2.03. The molecule has 0 aromatic heterocycles. The molecule has 0 aliphatic carbocycles. The van der Waals surface area contributed by atoms with Crippen LogP contribution < -0.4 is 0 Å². The molecule has 1 aromatic rings. The maximum atomic E-state index is 13.3. The number of rotatable bonds is 5. The Morgan fingerprint density at radius 3 is 2.63 bits per heavy atom. The summed E-state index contributed by atoms with van der Waals surface area (Å²) in [6.45, 7) is 3.93. The van der Waals surface area contributed by atoms with Gasteiger partial charge in [0.05, 0.1) is 10.6 Å². The van der Waals surface area contributed by atoms with E-state index < -0.39 is 17.3 Å². The van der Waals surface area contributed by atoms with Crippen molar-refractivity contribution in [3.05, 3.63) is 28.5 Å². The minimum absolute atomic E-state index is 0.0463. The smallest absolute Gasteiger partial charge is 0.338 e. The molecule has 0 aliphatic heterocycles. The highest BCUT2D eigenvalue weighted by Crippen LogP contribution is 2.32. The number of hydrogen-bond acceptors (Lipinski definition) is 3. The summed E-state index contributed by atoms with van der Waals surface area (Å²) in [7, 11) is 0. The van der Waals surface area contributed by atoms with Gasteiger partial charge in [-0.15, -0.1) is 0 Å². The van der Waals surface area contributed by atoms with Crippen LogP contribution in [0.15, 0.2) is 17.0 Å². The van der Waals surface area contributed by atoms with Crippen molar-refractivity contribution in [3.8, 4) is 0 Å². The SMILES string of the molecule is CCC(C)CC(=O)Sc1cc(C(=O)O)c(F)cc1Cl. The van der Waals surface area contributed by atoms with E-state index in [1.165, 1.54) is 0 Å². The molecular formula is C13H14ClFO3S. The van der Waals surface area contributed by atoms with Crippen LogP contribution in [0.25, 0.3) is 0 Å². The molecular weight excluding hydrogens is 291 g/mol. The third kappa shape index (κ3) is 4.51. The Morgan fingerprint density at radius 1 is 1.47 bits per heavy atom. The molecule has 1 aromatic carbocycles. The second-order valence-electron chi connectivity index (χ2n) is 4.26. The molecule has 1 atom stereocenters. The highest BCUT2D eigenvalue weighted by Gasteiger charge is 2.17. The molecule has 0 spiro atoms. The largest absolute Gasteiger partial charge is 0.478 e. The molecule has 6 heteroatoms. The van der Waals surface area contributed by atoms with Crippen molar-refractivity contribution >= 4 is 34.4 Å². The van der Waals surface area contributed by atoms with E-state index in [0.717, 1.165) is 30.3 Å². The maximum absolute atomic E-state index is 13.3. The van der Waals surface area contributed by atoms with Crippen molar-refractivity contribution in [1.29, 1.82) is 0 Å². The van der Waals surface area contributed by atoms with E-state index in [9.17, 15) is 14.0 Å². The van der Waals surface area contributed by atoms with Crippen LogP contribution in [-0.2, 0) is 4.79 Å². The molecule has 0 bridgehead atoms. The number of carboxylic acids is 1. The quantitative estimate of drug-likeness (QED) is 0.827. The normalized spacial score (nSPS) is 12.2. The minimum Gasteiger partial charge on any atom is -0.478 e. The average molecular weight is 305 g/mol. The van der Waals surface area contributed by atoms with Gasteiger partial charge in [-0.25, -0.2) is 9.18 Å². The lowest BCUT2D eigenvalue weighted by molar-refractivity contribution is -0.111. The molecule has 19 heavy (non-hydrogen) atoms. The van der Waals surface area contributed by atoms with E-state index in [2.05, 4.69) is 0 Å². The number of carbonyl (C=O) groups is 2. The van der Waals surface area contributed by atoms with Crippen LogP contribution in [0.1, 0.15) is 37.0 Å². The van der Waals surface area contributed by atoms with Gasteiger partial charge in [-0.05, 0) is 18.1 Å². The monoisotopic (exact) mass is 304 g/mol. The van der Waals surface area contributed by atoms with Crippen LogP contribution in [0.4, 0.5) is 4.39 Å². The zero-order chi connectivity index (χ0) is 14.6. The second-order valence-corrected chi connectivity index (χ2v) is 5.77. The first-order chi connectivity index (χ1) is 8.85. The van der Waals surface area contributed by atoms with Crippen LogP contribution in [0, 0.1) is 11.7 Å². The number of carboxylic acid groups (broad SMARTS) is 1. The van der Waals surface area contributed by atoms with Crippen molar-refractivity contribution in [2.24, 2.45) is 5.92 Å². The Balaban J connectivity index is 2.92. The number of halogens is 2. The van der Waals surface area contributed by atoms with Crippen molar-refractivity contribution in [2.75, 3.05) is 0 Å². The lowest BCUT2D eigenvalue weighted by Gasteiger charge is -2.08. The zero-order valence-corrected chi connectivity index (χ0v) is 12.1. The van der Waals surface area contributed by atoms with Gasteiger partial charge in [-0.1, -0.05) is 43.6 Å². The first-order valence-corrected chi connectivity index (χ1v) is 6.97. The van der Waals surface area contributed by atoms with Gasteiger partial charge in [0.1, 0.15) is 5.82 Å². The Kier molecular flexibility index (Phi) is 5.82. The van der Waals surface area contributed by atoms with Gasteiger partial charge in [0.2, 0.25) is 0 Å². The number of carbonyl (C=O) groups excluding carboxylic acids is 1. The third-order valence-corrected chi connectivity index (χ3v) is 4.06. The zero-order valence-electron chi connectivity index (χ0n) is 10.6. The molecule has 1 unspecified atom stereocenters. The summed E-state index contributed by atoms with van der Waals surface area (Å²) in [6.07, 6.45) is 1.25. The highest BCUT2D eigenvalue weighted by atomic mass is 35.5. The van der Waals surface area contributed by atoms with Crippen LogP contribution in [0.3, 0.4) is 0 Å². The number of hydrogen-bond donors (Lipinski definition) is 1. The summed E-state index contributed by atoms with van der Waals surface area (Å²) in [4.78, 5) is 22.9. The van der Waals surface area contributed by atoms with E-state index in [-0.39, 0.29) is 21.0 Å². The van der Waals surface area contributed by atoms with Crippen molar-refractivity contribution in [1.82, 2.24) is 0 Å². The number of aromatic carboxylic acids is 1. The maximum Gasteiger partial charge on any atom is 0.338 e. The van der Waals surface area contributed by atoms with Gasteiger partial charge >= 0.3 is 5.97 Å². The summed E-state index contributed by atoms with van der Waals surface area (Å²) < 4.78 is 13.3. The molecule has 0 fully saturated rings. The first kappa shape index (κ1) is 16.0. The molecule has 104 valence electrons. The average Bonchev–Trinajstić information content (AvgIpc) is 2.31. The Labute approximate surface area is 120 Å². The summed E-state index contributed by atoms with van der Waals surface area (Å²) >= 11 is 6.67. The molecule has 1 N–H and O–H groups in total. The van der Waals surface area contributed by atoms with Crippen LogP contribution in [-0.4, -0.2) is 16.2 Å². The molecule has 0 aliphatic rings. The van der Waals surface area contributed by atoms with Gasteiger partial charge in [0.15, 0.2) is 5.12 Å². The molecule has 0 saturated heterocycles. The molecule has 0 radical (unpaired) electrons. The van der Waals surface area contributed by atoms with Crippen LogP contribution in [0.5, 0.6) is 0 Å². The molecule has 0 amide bonds. The molecule has 1 rings (SSSR count). The Morgan fingerprint density at radius 2 is 2.11 bits per heavy atom. The summed E-state index contributed by atoms with van der Waals surface area (Å²) in [6, 6.07) is 2.02. The van der Waals surface area contributed by atoms with E-state index >= 15 is 0 Å². The lowest BCUT2D eigenvalue weighted by atomic mass is 10.1. The number of benzene rings is 1. The Bertz CT molecular complexity index is 505. The van der Waals surface area contributed by atoms with E-state index in [0.29, 0.717) is 6.42 Å². The van der Waals surface area contributed by atoms with E-state index in [4.69, 9.17) is 16.7 Å². The van der Waals surface area contributed by atoms with Crippen molar-refractivity contribution < 1.29 is 19.1 Å². The van der Waals surface area contributed by atoms with Gasteiger partial charge in [0.25, 0.3) is 0 Å². The van der Waals surface area contributed by atoms with E-state index in [1.807, 2.05) is 13.8 Å². The second kappa shape index (κ2) is 6.91. The minimum atomic E-state index is -1.38. The summed E-state index contributed by atoms with van der Waals surface area (Å²) in [5.74, 6) is -2.04. The van der Waals surface area contributed by atoms with Gasteiger partial charge in [-0.3, -0.25) is 4.79 Å². The molecule has 3 nitrogen and oxygen atoms in total. The topological polar surface area (TPSA) is 54.4 Å². The predicted octanol–water partition coefficient (Wildman–Crippen LogP) is 4.23. The summed E-state index contributed by atoms with van der Waals surface area (Å²) in [5.41, 5.74) is -0.483. The van der Waals surface area contributed by atoms with Crippen LogP contribution in [0.2, 0.25) is 5.02 Å². The standard InChI is InChI=1S/C13H14ClFO3S/c1-3-7(2)4-12(16)19-11-5-8(13(17)18)10(15)6-9(11)14/h5-7H,3-4H2,1-2H3,(H,17,18). The molecule has 0 saturated carbocycles. The highest BCUT2D eigenvalue weighted by molar-refractivity contribution is 8.13. The summed E-state index contributed by atoms with van der Waals surface area (Å²) in [5, 5.41) is 8.76. The van der Waals surface area contributed by atoms with Gasteiger partial charge in [0, 0.05) is 11.3 Å². The number of thioether (sulfide) groups is 1. The van der Waals surface area contributed by atoms with Gasteiger partial charge in [-0.2, -0.15) is 0 Å². The van der Waals surface area contributed by atoms with Crippen molar-refractivity contribution in [2.45, 2.75) is 31.6 Å². The first-order valence-electron chi connectivity index (χ1n) is 5.78. The van der Waals surface area contributed by atoms with Crippen molar-refractivity contribution in [3.63, 3.8) is 0 Å². The molecule has 0 heterocycles. The third-order valence-electron chi connectivity index (χ3n) is 2.69. The van der Waals surface area contributed by atoms with Gasteiger partial charge < -0.3 is 5.11 Å². The fourth-order valence-electron chi connectivity index (χ4n) is 1.36. The predicted molar refractivity (Wildman–Crippen MR) is 73.3 cm³/mol.